The van der Waals surface area contributed by atoms with Crippen LogP contribution in [0.3, 0.4) is 0 Å². The summed E-state index contributed by atoms with van der Waals surface area (Å²) >= 11 is 0. The summed E-state index contributed by atoms with van der Waals surface area (Å²) in [6.45, 7) is 8.88. The number of hydrogen-bond donors (Lipinski definition) is 2. The van der Waals surface area contributed by atoms with Crippen LogP contribution >= 0.6 is 0 Å². The van der Waals surface area contributed by atoms with Crippen LogP contribution in [0.2, 0.25) is 0 Å². The van der Waals surface area contributed by atoms with Crippen molar-refractivity contribution in [3.63, 3.8) is 0 Å². The van der Waals surface area contributed by atoms with Gasteiger partial charge in [-0.25, -0.2) is 14.6 Å². The fourth-order valence-corrected chi connectivity index (χ4v) is 3.19. The van der Waals surface area contributed by atoms with Crippen LogP contribution in [0, 0.1) is 6.92 Å². The number of nitrogens with two attached hydrogens (primary N) is 1. The number of aliphatic imine (C=N–C) groups is 1. The van der Waals surface area contributed by atoms with Crippen molar-refractivity contribution in [3.05, 3.63) is 72.5 Å². The van der Waals surface area contributed by atoms with Crippen molar-refractivity contribution in [3.8, 4) is 5.82 Å². The first-order valence-corrected chi connectivity index (χ1v) is 9.26. The number of anilines is 1. The quantitative estimate of drug-likeness (QED) is 0.695. The van der Waals surface area contributed by atoms with E-state index in [1.165, 1.54) is 0 Å². The summed E-state index contributed by atoms with van der Waals surface area (Å²) < 4.78 is 7.26. The molecule has 1 unspecified atom stereocenters. The monoisotopic (exact) mass is 389 g/mol. The first-order chi connectivity index (χ1) is 13.9. The summed E-state index contributed by atoms with van der Waals surface area (Å²) in [5, 5.41) is 7.63. The second kappa shape index (κ2) is 7.48. The fourth-order valence-electron chi connectivity index (χ4n) is 3.19. The molecule has 8 heteroatoms. The molecule has 3 aromatic rings. The Morgan fingerprint density at radius 3 is 2.83 bits per heavy atom. The molecular formula is C21H23N7O. The molecule has 0 saturated carbocycles. The van der Waals surface area contributed by atoms with Gasteiger partial charge in [-0.3, -0.25) is 4.99 Å². The Kier molecular flexibility index (Phi) is 4.85. The Labute approximate surface area is 169 Å². The zero-order valence-corrected chi connectivity index (χ0v) is 16.5. The van der Waals surface area contributed by atoms with Gasteiger partial charge in [-0.15, -0.1) is 0 Å². The van der Waals surface area contributed by atoms with Crippen LogP contribution in [0.5, 0.6) is 0 Å². The van der Waals surface area contributed by atoms with Crippen LogP contribution in [0.15, 0.2) is 60.5 Å². The molecular weight excluding hydrogens is 366 g/mol. The maximum Gasteiger partial charge on any atom is 0.171 e. The Bertz CT molecular complexity index is 1070. The van der Waals surface area contributed by atoms with E-state index in [1.54, 1.807) is 17.1 Å². The molecule has 0 spiro atoms. The third-order valence-electron chi connectivity index (χ3n) is 4.71. The smallest absolute Gasteiger partial charge is 0.171 e. The van der Waals surface area contributed by atoms with Gasteiger partial charge in [-0.1, -0.05) is 18.7 Å². The summed E-state index contributed by atoms with van der Waals surface area (Å²) in [6, 6.07) is 9.87. The third-order valence-corrected chi connectivity index (χ3v) is 4.71. The molecule has 4 rings (SSSR count). The number of ether oxygens (including phenoxy) is 1. The van der Waals surface area contributed by atoms with Gasteiger partial charge in [-0.05, 0) is 37.6 Å². The molecule has 2 aromatic heterocycles. The SMILES string of the molecule is C=C(Nc1cccc(C2(C)COCC(N)=N2)c1)c1cnc(-n2ccc(C)n2)cn1. The normalized spacial score (nSPS) is 18.9. The lowest BCUT2D eigenvalue weighted by atomic mass is 9.92. The lowest BCUT2D eigenvalue weighted by molar-refractivity contribution is 0.106. The summed E-state index contributed by atoms with van der Waals surface area (Å²) in [4.78, 5) is 13.5. The van der Waals surface area contributed by atoms with Crippen LogP contribution in [0.1, 0.15) is 23.9 Å². The number of rotatable bonds is 5. The number of hydrogen-bond acceptors (Lipinski definition) is 7. The zero-order chi connectivity index (χ0) is 20.4. The van der Waals surface area contributed by atoms with Crippen molar-refractivity contribution in [1.29, 1.82) is 0 Å². The number of aryl methyl sites for hydroxylation is 1. The van der Waals surface area contributed by atoms with Crippen LogP contribution in [-0.2, 0) is 10.3 Å². The van der Waals surface area contributed by atoms with Gasteiger partial charge in [0, 0.05) is 11.9 Å². The largest absolute Gasteiger partial charge is 0.386 e. The molecule has 0 saturated heterocycles. The van der Waals surface area contributed by atoms with Gasteiger partial charge in [0.2, 0.25) is 0 Å². The van der Waals surface area contributed by atoms with Crippen LogP contribution in [0.25, 0.3) is 11.5 Å². The average Bonchev–Trinajstić information content (AvgIpc) is 3.14. The molecule has 1 aliphatic rings. The van der Waals surface area contributed by atoms with Crippen LogP contribution in [-0.4, -0.2) is 38.8 Å². The Hall–Kier alpha value is -3.52. The van der Waals surface area contributed by atoms with Crippen molar-refractivity contribution < 1.29 is 4.74 Å². The van der Waals surface area contributed by atoms with Crippen molar-refractivity contribution >= 4 is 17.2 Å². The minimum absolute atomic E-state index is 0.372. The van der Waals surface area contributed by atoms with Crippen molar-refractivity contribution in [1.82, 2.24) is 19.7 Å². The minimum atomic E-state index is -0.509. The zero-order valence-electron chi connectivity index (χ0n) is 16.5. The molecule has 0 bridgehead atoms. The Balaban J connectivity index is 1.51. The van der Waals surface area contributed by atoms with Gasteiger partial charge >= 0.3 is 0 Å². The highest BCUT2D eigenvalue weighted by Gasteiger charge is 2.30. The standard InChI is InChI=1S/C21H23N7O/c1-14-7-8-28(27-14)20-11-23-18(10-24-20)15(2)25-17-6-4-5-16(9-17)21(3)13-29-12-19(22)26-21/h4-11,25H,2,12-13H2,1,3H3,(H2,22,26). The van der Waals surface area contributed by atoms with Gasteiger partial charge in [-0.2, -0.15) is 5.10 Å². The highest BCUT2D eigenvalue weighted by Crippen LogP contribution is 2.30. The summed E-state index contributed by atoms with van der Waals surface area (Å²) in [6.07, 6.45) is 5.19. The first kappa shape index (κ1) is 18.8. The Morgan fingerprint density at radius 1 is 1.28 bits per heavy atom. The minimum Gasteiger partial charge on any atom is -0.386 e. The molecule has 148 valence electrons. The number of nitrogens with one attached hydrogen (secondary N) is 1. The van der Waals surface area contributed by atoms with Gasteiger partial charge in [0.15, 0.2) is 5.82 Å². The summed E-state index contributed by atoms with van der Waals surface area (Å²) in [5.74, 6) is 1.15. The second-order valence-electron chi connectivity index (χ2n) is 7.22. The molecule has 29 heavy (non-hydrogen) atoms. The van der Waals surface area contributed by atoms with E-state index in [-0.39, 0.29) is 0 Å². The molecule has 0 radical (unpaired) electrons. The van der Waals surface area contributed by atoms with E-state index in [0.29, 0.717) is 36.3 Å². The van der Waals surface area contributed by atoms with Crippen molar-refractivity contribution in [2.75, 3.05) is 18.5 Å². The lowest BCUT2D eigenvalue weighted by Gasteiger charge is -2.30. The van der Waals surface area contributed by atoms with Crippen molar-refractivity contribution in [2.24, 2.45) is 10.7 Å². The maximum absolute atomic E-state index is 5.87. The predicted octanol–water partition coefficient (Wildman–Crippen LogP) is 2.66. The van der Waals surface area contributed by atoms with Gasteiger partial charge < -0.3 is 15.8 Å². The van der Waals surface area contributed by atoms with Gasteiger partial charge in [0.1, 0.15) is 23.7 Å². The van der Waals surface area contributed by atoms with E-state index >= 15 is 0 Å². The molecule has 3 heterocycles. The number of amidine groups is 1. The summed E-state index contributed by atoms with van der Waals surface area (Å²) in [7, 11) is 0. The molecule has 0 fully saturated rings. The van der Waals surface area contributed by atoms with Crippen LogP contribution < -0.4 is 11.1 Å². The first-order valence-electron chi connectivity index (χ1n) is 9.26. The molecule has 1 atom stereocenters. The molecule has 3 N–H and O–H groups in total. The maximum atomic E-state index is 5.87. The van der Waals surface area contributed by atoms with E-state index in [9.17, 15) is 0 Å². The molecule has 1 aromatic carbocycles. The Morgan fingerprint density at radius 2 is 2.14 bits per heavy atom. The van der Waals surface area contributed by atoms with Gasteiger partial charge in [0.25, 0.3) is 0 Å². The second-order valence-corrected chi connectivity index (χ2v) is 7.22. The van der Waals surface area contributed by atoms with E-state index in [1.807, 2.05) is 50.4 Å². The number of benzene rings is 1. The van der Waals surface area contributed by atoms with E-state index in [2.05, 4.69) is 32.0 Å². The molecule has 0 aliphatic carbocycles. The third kappa shape index (κ3) is 4.02. The number of aromatic nitrogens is 4. The molecule has 8 nitrogen and oxygen atoms in total. The van der Waals surface area contributed by atoms with E-state index < -0.39 is 5.54 Å². The predicted molar refractivity (Wildman–Crippen MR) is 113 cm³/mol. The average molecular weight is 389 g/mol. The van der Waals surface area contributed by atoms with Crippen molar-refractivity contribution in [2.45, 2.75) is 19.4 Å². The highest BCUT2D eigenvalue weighted by molar-refractivity contribution is 5.82. The highest BCUT2D eigenvalue weighted by atomic mass is 16.5. The van der Waals surface area contributed by atoms with E-state index in [0.717, 1.165) is 16.9 Å². The topological polar surface area (TPSA) is 103 Å². The van der Waals surface area contributed by atoms with Crippen LogP contribution in [0.4, 0.5) is 5.69 Å². The summed E-state index contributed by atoms with van der Waals surface area (Å²) in [5.41, 5.74) is 9.46. The number of nitrogens with zero attached hydrogens (tertiary/aromatic N) is 5. The fraction of sp³-hybridized carbons (Fsp3) is 0.238. The van der Waals surface area contributed by atoms with Gasteiger partial charge in [0.05, 0.1) is 30.4 Å². The van der Waals surface area contributed by atoms with E-state index in [4.69, 9.17) is 10.5 Å². The molecule has 0 amide bonds. The molecule has 1 aliphatic heterocycles. The lowest BCUT2D eigenvalue weighted by Crippen LogP contribution is -2.37.